The smallest absolute Gasteiger partial charge is 0.284 e. The second-order valence-corrected chi connectivity index (χ2v) is 4.08. The maximum absolute atomic E-state index is 13.8. The summed E-state index contributed by atoms with van der Waals surface area (Å²) in [6.07, 6.45) is 0. The first-order valence-corrected chi connectivity index (χ1v) is 5.44. The van der Waals surface area contributed by atoms with Crippen LogP contribution in [0, 0.1) is 12.7 Å². The van der Waals surface area contributed by atoms with E-state index in [9.17, 15) is 9.18 Å². The molecule has 3 rings (SSSR count). The predicted molar refractivity (Wildman–Crippen MR) is 63.3 cm³/mol. The van der Waals surface area contributed by atoms with Crippen LogP contribution in [0.2, 0.25) is 0 Å². The van der Waals surface area contributed by atoms with Crippen molar-refractivity contribution in [1.82, 2.24) is 4.98 Å². The summed E-state index contributed by atoms with van der Waals surface area (Å²) >= 11 is 0. The van der Waals surface area contributed by atoms with Crippen LogP contribution in [0.1, 0.15) is 5.69 Å². The van der Waals surface area contributed by atoms with E-state index < -0.39 is 11.4 Å². The molecule has 0 atom stereocenters. The monoisotopic (exact) mass is 247 g/mol. The Morgan fingerprint density at radius 1 is 1.22 bits per heavy atom. The number of halogens is 1. The number of aromatic nitrogens is 1. The first-order valence-electron chi connectivity index (χ1n) is 5.44. The summed E-state index contributed by atoms with van der Waals surface area (Å²) in [7, 11) is 0. The van der Waals surface area contributed by atoms with Gasteiger partial charge in [-0.2, -0.15) is 0 Å². The molecule has 5 heteroatoms. The third kappa shape index (κ3) is 1.64. The van der Waals surface area contributed by atoms with Gasteiger partial charge in [-0.1, -0.05) is 6.07 Å². The number of nitrogens with one attached hydrogen (secondary N) is 1. The fourth-order valence-electron chi connectivity index (χ4n) is 1.95. The average Bonchev–Trinajstić information content (AvgIpc) is 2.80. The number of ether oxygens (including phenoxy) is 2. The average molecular weight is 247 g/mol. The Balaban J connectivity index is 2.18. The first kappa shape index (κ1) is 10.8. The van der Waals surface area contributed by atoms with E-state index in [0.29, 0.717) is 22.8 Å². The summed E-state index contributed by atoms with van der Waals surface area (Å²) < 4.78 is 24.2. The molecule has 4 nitrogen and oxygen atoms in total. The first-order chi connectivity index (χ1) is 8.65. The molecule has 0 unspecified atom stereocenters. The molecule has 0 spiro atoms. The van der Waals surface area contributed by atoms with Crippen LogP contribution in [0.5, 0.6) is 11.5 Å². The van der Waals surface area contributed by atoms with Crippen LogP contribution in [0.3, 0.4) is 0 Å². The Morgan fingerprint density at radius 3 is 2.83 bits per heavy atom. The van der Waals surface area contributed by atoms with E-state index in [0.717, 1.165) is 0 Å². The highest BCUT2D eigenvalue weighted by atomic mass is 19.1. The maximum atomic E-state index is 13.8. The fourth-order valence-corrected chi connectivity index (χ4v) is 1.95. The molecule has 1 aliphatic heterocycles. The van der Waals surface area contributed by atoms with Gasteiger partial charge in [0.25, 0.3) is 5.56 Å². The van der Waals surface area contributed by atoms with Crippen molar-refractivity contribution in [1.29, 1.82) is 0 Å². The molecule has 0 bridgehead atoms. The van der Waals surface area contributed by atoms with Crippen molar-refractivity contribution in [2.24, 2.45) is 0 Å². The van der Waals surface area contributed by atoms with Gasteiger partial charge in [-0.05, 0) is 30.7 Å². The van der Waals surface area contributed by atoms with E-state index in [1.165, 1.54) is 0 Å². The van der Waals surface area contributed by atoms with Gasteiger partial charge in [-0.3, -0.25) is 4.79 Å². The number of hydrogen-bond donors (Lipinski definition) is 1. The number of hydrogen-bond acceptors (Lipinski definition) is 3. The third-order valence-electron chi connectivity index (χ3n) is 2.79. The lowest BCUT2D eigenvalue weighted by Crippen LogP contribution is -2.13. The quantitative estimate of drug-likeness (QED) is 0.840. The van der Waals surface area contributed by atoms with E-state index in [4.69, 9.17) is 9.47 Å². The summed E-state index contributed by atoms with van der Waals surface area (Å²) in [6.45, 7) is 1.87. The zero-order valence-electron chi connectivity index (χ0n) is 9.62. The maximum Gasteiger partial charge on any atom is 0.284 e. The van der Waals surface area contributed by atoms with Gasteiger partial charge in [0.1, 0.15) is 0 Å². The van der Waals surface area contributed by atoms with Crippen molar-refractivity contribution in [2.75, 3.05) is 6.79 Å². The predicted octanol–water partition coefficient (Wildman–Crippen LogP) is 2.22. The minimum atomic E-state index is -0.792. The summed E-state index contributed by atoms with van der Waals surface area (Å²) in [5.74, 6) is 0.394. The van der Waals surface area contributed by atoms with Crippen LogP contribution in [0.4, 0.5) is 4.39 Å². The Kier molecular flexibility index (Phi) is 2.33. The molecule has 18 heavy (non-hydrogen) atoms. The molecule has 2 heterocycles. The number of benzene rings is 1. The van der Waals surface area contributed by atoms with Crippen molar-refractivity contribution >= 4 is 0 Å². The summed E-state index contributed by atoms with van der Waals surface area (Å²) in [5.41, 5.74) is 0.734. The lowest BCUT2D eigenvalue weighted by Gasteiger charge is -2.05. The number of rotatable bonds is 1. The number of aromatic amines is 1. The molecule has 92 valence electrons. The van der Waals surface area contributed by atoms with Crippen molar-refractivity contribution < 1.29 is 13.9 Å². The number of H-pyrrole nitrogens is 1. The highest BCUT2D eigenvalue weighted by Gasteiger charge is 2.16. The third-order valence-corrected chi connectivity index (χ3v) is 2.79. The molecule has 0 amide bonds. The van der Waals surface area contributed by atoms with E-state index in [-0.39, 0.29) is 12.4 Å². The van der Waals surface area contributed by atoms with Gasteiger partial charge < -0.3 is 14.5 Å². The standard InChI is InChI=1S/C13H10FNO3/c1-7-4-9(12(14)13(16)15-7)8-2-3-10-11(5-8)18-6-17-10/h2-5H,6H2,1H3,(H,15,16). The van der Waals surface area contributed by atoms with E-state index >= 15 is 0 Å². The fraction of sp³-hybridized carbons (Fsp3) is 0.154. The zero-order chi connectivity index (χ0) is 12.7. The van der Waals surface area contributed by atoms with Crippen molar-refractivity contribution in [2.45, 2.75) is 6.92 Å². The molecular weight excluding hydrogens is 237 g/mol. The lowest BCUT2D eigenvalue weighted by molar-refractivity contribution is 0.174. The van der Waals surface area contributed by atoms with Crippen molar-refractivity contribution in [3.63, 3.8) is 0 Å². The molecule has 2 aromatic rings. The van der Waals surface area contributed by atoms with Gasteiger partial charge in [-0.25, -0.2) is 4.39 Å². The molecule has 1 aromatic heterocycles. The molecule has 0 saturated carbocycles. The summed E-state index contributed by atoms with van der Waals surface area (Å²) in [5, 5.41) is 0. The Labute approximate surface area is 102 Å². The van der Waals surface area contributed by atoms with Gasteiger partial charge in [0.05, 0.1) is 0 Å². The van der Waals surface area contributed by atoms with Gasteiger partial charge in [0, 0.05) is 11.3 Å². The normalized spacial score (nSPS) is 12.8. The number of pyridine rings is 1. The summed E-state index contributed by atoms with van der Waals surface area (Å²) in [6, 6.07) is 6.66. The van der Waals surface area contributed by atoms with Crippen LogP contribution in [0.25, 0.3) is 11.1 Å². The van der Waals surface area contributed by atoms with Crippen LogP contribution in [0.15, 0.2) is 29.1 Å². The van der Waals surface area contributed by atoms with Crippen LogP contribution in [-0.4, -0.2) is 11.8 Å². The van der Waals surface area contributed by atoms with Crippen LogP contribution >= 0.6 is 0 Å². The Hall–Kier alpha value is -2.30. The van der Waals surface area contributed by atoms with Crippen molar-refractivity contribution in [3.8, 4) is 22.6 Å². The topological polar surface area (TPSA) is 51.3 Å². The second-order valence-electron chi connectivity index (χ2n) is 4.08. The minimum absolute atomic E-state index is 0.162. The van der Waals surface area contributed by atoms with Gasteiger partial charge in [0.2, 0.25) is 6.79 Å². The van der Waals surface area contributed by atoms with Crippen LogP contribution in [-0.2, 0) is 0 Å². The minimum Gasteiger partial charge on any atom is -0.454 e. The van der Waals surface area contributed by atoms with E-state index in [1.807, 2.05) is 0 Å². The molecule has 0 aliphatic carbocycles. The van der Waals surface area contributed by atoms with Gasteiger partial charge >= 0.3 is 0 Å². The molecule has 0 radical (unpaired) electrons. The Bertz CT molecular complexity index is 678. The molecular formula is C13H10FNO3. The number of fused-ring (bicyclic) bond motifs is 1. The summed E-state index contributed by atoms with van der Waals surface area (Å²) in [4.78, 5) is 13.8. The second kappa shape index (κ2) is 3.87. The largest absolute Gasteiger partial charge is 0.454 e. The van der Waals surface area contributed by atoms with Crippen molar-refractivity contribution in [3.05, 3.63) is 46.1 Å². The molecule has 1 N–H and O–H groups in total. The highest BCUT2D eigenvalue weighted by Crippen LogP contribution is 2.36. The zero-order valence-corrected chi connectivity index (χ0v) is 9.62. The molecule has 0 fully saturated rings. The molecule has 1 aliphatic rings. The number of aryl methyl sites for hydroxylation is 1. The van der Waals surface area contributed by atoms with Gasteiger partial charge in [-0.15, -0.1) is 0 Å². The van der Waals surface area contributed by atoms with E-state index in [2.05, 4.69) is 4.98 Å². The lowest BCUT2D eigenvalue weighted by atomic mass is 10.0. The molecule has 1 aromatic carbocycles. The SMILES string of the molecule is Cc1cc(-c2ccc3c(c2)OCO3)c(F)c(=O)[nH]1. The van der Waals surface area contributed by atoms with Crippen LogP contribution < -0.4 is 15.0 Å². The highest BCUT2D eigenvalue weighted by molar-refractivity contribution is 5.68. The van der Waals surface area contributed by atoms with E-state index in [1.54, 1.807) is 31.2 Å². The Morgan fingerprint density at radius 2 is 2.00 bits per heavy atom. The molecule has 0 saturated heterocycles. The van der Waals surface area contributed by atoms with Gasteiger partial charge in [0.15, 0.2) is 17.3 Å².